The van der Waals surface area contributed by atoms with E-state index in [-0.39, 0.29) is 18.1 Å². The van der Waals surface area contributed by atoms with E-state index in [1.54, 1.807) is 0 Å². The summed E-state index contributed by atoms with van der Waals surface area (Å²) in [4.78, 5) is 27.7. The van der Waals surface area contributed by atoms with Crippen molar-refractivity contribution in [3.8, 4) is 0 Å². The van der Waals surface area contributed by atoms with Gasteiger partial charge in [-0.05, 0) is 106 Å². The predicted molar refractivity (Wildman–Crippen MR) is 132 cm³/mol. The molecule has 1 unspecified atom stereocenters. The van der Waals surface area contributed by atoms with E-state index in [1.165, 1.54) is 27.8 Å². The second kappa shape index (κ2) is 9.52. The number of aryl methyl sites for hydroxylation is 1. The zero-order valence-electron chi connectivity index (χ0n) is 21.0. The molecule has 2 amide bonds. The molecule has 180 valence electrons. The molecule has 1 atom stereocenters. The Morgan fingerprint density at radius 2 is 1.88 bits per heavy atom. The Bertz CT molecular complexity index is 935. The normalized spacial score (nSPS) is 24.9. The molecule has 1 N–H and O–H groups in total. The summed E-state index contributed by atoms with van der Waals surface area (Å²) in [6.45, 7) is 11.5. The van der Waals surface area contributed by atoms with Crippen LogP contribution < -0.4 is 5.32 Å². The van der Waals surface area contributed by atoms with Gasteiger partial charge in [0.05, 0.1) is 6.04 Å². The summed E-state index contributed by atoms with van der Waals surface area (Å²) in [6, 6.07) is 6.86. The van der Waals surface area contributed by atoms with E-state index in [4.69, 9.17) is 4.74 Å². The summed E-state index contributed by atoms with van der Waals surface area (Å²) in [6.07, 6.45) is 6.39. The third-order valence-corrected chi connectivity index (χ3v) is 7.61. The molecular weight excluding hydrogens is 412 g/mol. The van der Waals surface area contributed by atoms with Crippen LogP contribution in [0.5, 0.6) is 0 Å². The fourth-order valence-corrected chi connectivity index (χ4v) is 6.08. The summed E-state index contributed by atoms with van der Waals surface area (Å²) >= 11 is 0. The van der Waals surface area contributed by atoms with Crippen LogP contribution in [0.4, 0.5) is 4.79 Å². The molecule has 2 aliphatic carbocycles. The van der Waals surface area contributed by atoms with E-state index in [1.807, 2.05) is 20.8 Å². The third kappa shape index (κ3) is 5.12. The van der Waals surface area contributed by atoms with Crippen molar-refractivity contribution in [2.45, 2.75) is 91.2 Å². The highest BCUT2D eigenvalue weighted by Crippen LogP contribution is 2.44. The van der Waals surface area contributed by atoms with Crippen molar-refractivity contribution in [2.24, 2.45) is 11.8 Å². The first-order chi connectivity index (χ1) is 15.7. The first-order valence-electron chi connectivity index (χ1n) is 12.8. The number of nitrogens with one attached hydrogen (secondary N) is 1. The fourth-order valence-electron chi connectivity index (χ4n) is 6.08. The van der Waals surface area contributed by atoms with Crippen LogP contribution in [0, 0.1) is 18.8 Å². The maximum Gasteiger partial charge on any atom is 0.407 e. The lowest BCUT2D eigenvalue weighted by atomic mass is 9.80. The van der Waals surface area contributed by atoms with Gasteiger partial charge in [0, 0.05) is 19.0 Å². The number of carbonyl (C=O) groups excluding carboxylic acids is 2. The van der Waals surface area contributed by atoms with Crippen LogP contribution in [-0.4, -0.2) is 41.6 Å². The highest BCUT2D eigenvalue weighted by molar-refractivity contribution is 5.85. The number of fused-ring (bicyclic) bond motifs is 2. The zero-order valence-corrected chi connectivity index (χ0v) is 21.0. The largest absolute Gasteiger partial charge is 0.444 e. The molecule has 0 spiro atoms. The number of alkyl carbamates (subject to hydrolysis) is 1. The topological polar surface area (TPSA) is 58.6 Å². The van der Waals surface area contributed by atoms with Crippen LogP contribution in [0.1, 0.15) is 82.9 Å². The molecule has 1 aliphatic heterocycles. The number of amides is 2. The van der Waals surface area contributed by atoms with Crippen molar-refractivity contribution in [1.82, 2.24) is 10.2 Å². The van der Waals surface area contributed by atoms with Gasteiger partial charge in [0.1, 0.15) is 5.60 Å². The quantitative estimate of drug-likeness (QED) is 0.642. The van der Waals surface area contributed by atoms with Crippen LogP contribution in [0.15, 0.2) is 23.8 Å². The number of hydrogen-bond acceptors (Lipinski definition) is 3. The Kier molecular flexibility index (Phi) is 6.88. The van der Waals surface area contributed by atoms with Crippen LogP contribution in [0.25, 0.3) is 5.57 Å². The summed E-state index contributed by atoms with van der Waals surface area (Å²) in [5.74, 6) is 0.885. The molecule has 1 aromatic rings. The van der Waals surface area contributed by atoms with Crippen molar-refractivity contribution in [2.75, 3.05) is 13.1 Å². The molecule has 0 aromatic heterocycles. The van der Waals surface area contributed by atoms with E-state index in [0.717, 1.165) is 51.5 Å². The highest BCUT2D eigenvalue weighted by Gasteiger charge is 2.39. The van der Waals surface area contributed by atoms with Crippen molar-refractivity contribution < 1.29 is 14.3 Å². The van der Waals surface area contributed by atoms with Crippen LogP contribution in [0.2, 0.25) is 0 Å². The van der Waals surface area contributed by atoms with Crippen molar-refractivity contribution in [1.29, 1.82) is 0 Å². The Hall–Kier alpha value is -2.30. The molecular formula is C28H40N2O3. The van der Waals surface area contributed by atoms with Gasteiger partial charge in [0.15, 0.2) is 0 Å². The second-order valence-electron chi connectivity index (χ2n) is 11.1. The van der Waals surface area contributed by atoms with Crippen LogP contribution >= 0.6 is 0 Å². The summed E-state index contributed by atoms with van der Waals surface area (Å²) < 4.78 is 5.34. The zero-order chi connectivity index (χ0) is 23.8. The second-order valence-corrected chi connectivity index (χ2v) is 11.1. The van der Waals surface area contributed by atoms with Gasteiger partial charge < -0.3 is 15.0 Å². The van der Waals surface area contributed by atoms with Gasteiger partial charge in [0.25, 0.3) is 0 Å². The van der Waals surface area contributed by atoms with Crippen LogP contribution in [0.3, 0.4) is 0 Å². The van der Waals surface area contributed by atoms with Gasteiger partial charge in [-0.25, -0.2) is 4.79 Å². The molecule has 3 aliphatic rings. The highest BCUT2D eigenvalue weighted by atomic mass is 16.6. The molecule has 33 heavy (non-hydrogen) atoms. The first kappa shape index (κ1) is 23.8. The van der Waals surface area contributed by atoms with Crippen molar-refractivity contribution in [3.05, 3.63) is 40.5 Å². The number of benzene rings is 1. The van der Waals surface area contributed by atoms with E-state index in [2.05, 4.69) is 42.3 Å². The molecule has 0 bridgehead atoms. The minimum Gasteiger partial charge on any atom is -0.444 e. The lowest BCUT2D eigenvalue weighted by molar-refractivity contribution is -0.138. The Labute approximate surface area is 198 Å². The van der Waals surface area contributed by atoms with Crippen molar-refractivity contribution in [3.63, 3.8) is 0 Å². The molecule has 1 fully saturated rings. The number of carbonyl (C=O) groups is 2. The Morgan fingerprint density at radius 3 is 2.55 bits per heavy atom. The Morgan fingerprint density at radius 1 is 1.15 bits per heavy atom. The first-order valence-corrected chi connectivity index (χ1v) is 12.8. The monoisotopic (exact) mass is 452 g/mol. The number of hydrogen-bond donors (Lipinski definition) is 1. The summed E-state index contributed by atoms with van der Waals surface area (Å²) in [7, 11) is 0. The van der Waals surface area contributed by atoms with Gasteiger partial charge in [0.2, 0.25) is 5.91 Å². The average Bonchev–Trinajstić information content (AvgIpc) is 3.15. The number of nitrogens with zero attached hydrogens (tertiary/aromatic N) is 1. The van der Waals surface area contributed by atoms with Gasteiger partial charge in [-0.15, -0.1) is 0 Å². The summed E-state index contributed by atoms with van der Waals surface area (Å²) in [5, 5.41) is 2.91. The molecule has 1 heterocycles. The SMILES string of the molecule is CCC1C2=C(CCN1C(=O)C1CCC(CNC(=O)OC(C)(C)C)CC1)c1c(C)cccc1C2. The molecule has 0 saturated heterocycles. The van der Waals surface area contributed by atoms with Gasteiger partial charge in [-0.3, -0.25) is 4.79 Å². The maximum atomic E-state index is 13.6. The standard InChI is InChI=1S/C28H40N2O3/c1-6-24-23-16-21-9-7-8-18(2)25(21)22(23)14-15-30(24)26(31)20-12-10-19(11-13-20)17-29-27(32)33-28(3,4)5/h7-9,19-20,24H,6,10-17H2,1-5H3,(H,29,32). The van der Waals surface area contributed by atoms with Gasteiger partial charge >= 0.3 is 6.09 Å². The van der Waals surface area contributed by atoms with E-state index in [9.17, 15) is 9.59 Å². The summed E-state index contributed by atoms with van der Waals surface area (Å²) in [5.41, 5.74) is 6.77. The molecule has 1 aromatic carbocycles. The fraction of sp³-hybridized carbons (Fsp3) is 0.643. The third-order valence-electron chi connectivity index (χ3n) is 7.61. The lowest BCUT2D eigenvalue weighted by Crippen LogP contribution is -2.48. The molecule has 5 nitrogen and oxygen atoms in total. The average molecular weight is 453 g/mol. The van der Waals surface area contributed by atoms with E-state index < -0.39 is 5.60 Å². The maximum absolute atomic E-state index is 13.6. The molecule has 0 radical (unpaired) electrons. The Balaban J connectivity index is 1.34. The van der Waals surface area contributed by atoms with Gasteiger partial charge in [-0.1, -0.05) is 25.1 Å². The van der Waals surface area contributed by atoms with Gasteiger partial charge in [-0.2, -0.15) is 0 Å². The minimum absolute atomic E-state index is 0.115. The lowest BCUT2D eigenvalue weighted by Gasteiger charge is -2.40. The van der Waals surface area contributed by atoms with E-state index in [0.29, 0.717) is 18.4 Å². The van der Waals surface area contributed by atoms with Crippen molar-refractivity contribution >= 4 is 17.6 Å². The molecule has 4 rings (SSSR count). The number of ether oxygens (including phenoxy) is 1. The smallest absolute Gasteiger partial charge is 0.407 e. The van der Waals surface area contributed by atoms with E-state index >= 15 is 0 Å². The van der Waals surface area contributed by atoms with Crippen LogP contribution in [-0.2, 0) is 16.0 Å². The molecule has 5 heteroatoms. The predicted octanol–water partition coefficient (Wildman–Crippen LogP) is 5.65. The molecule has 1 saturated carbocycles. The number of rotatable bonds is 4. The minimum atomic E-state index is -0.479.